The second kappa shape index (κ2) is 14.7. The largest absolute Gasteiger partial charge is 0.493 e. The van der Waals surface area contributed by atoms with Crippen molar-refractivity contribution in [1.82, 2.24) is 10.2 Å². The molecule has 1 atom stereocenters. The van der Waals surface area contributed by atoms with E-state index in [0.29, 0.717) is 28.6 Å². The fraction of sp³-hybridized carbons (Fsp3) is 0.333. The Hall–Kier alpha value is -3.76. The molecule has 0 radical (unpaired) electrons. The summed E-state index contributed by atoms with van der Waals surface area (Å²) >= 11 is 6.41. The van der Waals surface area contributed by atoms with Crippen molar-refractivity contribution in [3.63, 3.8) is 0 Å². The first-order chi connectivity index (χ1) is 19.6. The van der Waals surface area contributed by atoms with Crippen LogP contribution in [0.15, 0.2) is 77.7 Å². The van der Waals surface area contributed by atoms with Gasteiger partial charge in [0.05, 0.1) is 24.8 Å². The zero-order valence-corrected chi connectivity index (χ0v) is 25.2. The molecule has 3 aromatic rings. The third-order valence-corrected chi connectivity index (χ3v) is 8.72. The monoisotopic (exact) mass is 601 g/mol. The van der Waals surface area contributed by atoms with Gasteiger partial charge in [-0.25, -0.2) is 8.42 Å². The highest BCUT2D eigenvalue weighted by Gasteiger charge is 2.33. The summed E-state index contributed by atoms with van der Waals surface area (Å²) in [6, 6.07) is 18.5. The second-order valence-electron chi connectivity index (χ2n) is 9.30. The summed E-state index contributed by atoms with van der Waals surface area (Å²) in [5.41, 5.74) is 0.817. The van der Waals surface area contributed by atoms with Crippen LogP contribution in [0.5, 0.6) is 11.5 Å². The molecule has 0 spiro atoms. The normalized spacial score (nSPS) is 11.8. The van der Waals surface area contributed by atoms with E-state index in [9.17, 15) is 18.0 Å². The number of hydrogen-bond donors (Lipinski definition) is 1. The average Bonchev–Trinajstić information content (AvgIpc) is 2.99. The summed E-state index contributed by atoms with van der Waals surface area (Å²) in [5, 5.41) is 3.29. The van der Waals surface area contributed by atoms with Gasteiger partial charge in [0.25, 0.3) is 10.0 Å². The van der Waals surface area contributed by atoms with Crippen molar-refractivity contribution in [3.05, 3.63) is 83.4 Å². The Balaban J connectivity index is 2.06. The molecule has 0 saturated heterocycles. The molecule has 0 aliphatic heterocycles. The van der Waals surface area contributed by atoms with Crippen LogP contribution in [0.1, 0.15) is 32.3 Å². The number of carbonyl (C=O) groups excluding carboxylic acids is 2. The fourth-order valence-electron chi connectivity index (χ4n) is 4.16. The van der Waals surface area contributed by atoms with Gasteiger partial charge in [-0.1, -0.05) is 61.3 Å². The summed E-state index contributed by atoms with van der Waals surface area (Å²) < 4.78 is 39.6. The number of nitrogens with one attached hydrogen (secondary N) is 1. The van der Waals surface area contributed by atoms with Gasteiger partial charge in [0.15, 0.2) is 11.5 Å². The van der Waals surface area contributed by atoms with Crippen molar-refractivity contribution >= 4 is 39.1 Å². The SMILES string of the molecule is CCCCNC(=O)C(C)N(Cc1ccccc1Cl)C(=O)CN(c1ccc(OC)c(OC)c1)S(=O)(=O)c1ccccc1. The van der Waals surface area contributed by atoms with E-state index in [0.717, 1.165) is 17.1 Å². The van der Waals surface area contributed by atoms with Crippen LogP contribution in [0.2, 0.25) is 5.02 Å². The maximum absolute atomic E-state index is 14.0. The van der Waals surface area contributed by atoms with E-state index in [1.165, 1.54) is 43.4 Å². The lowest BCUT2D eigenvalue weighted by molar-refractivity contribution is -0.139. The van der Waals surface area contributed by atoms with E-state index in [-0.39, 0.29) is 23.0 Å². The van der Waals surface area contributed by atoms with Crippen molar-refractivity contribution in [3.8, 4) is 11.5 Å². The van der Waals surface area contributed by atoms with E-state index in [2.05, 4.69) is 5.32 Å². The summed E-state index contributed by atoms with van der Waals surface area (Å²) in [6.45, 7) is 3.52. The number of unbranched alkanes of at least 4 members (excludes halogenated alkanes) is 1. The van der Waals surface area contributed by atoms with Crippen LogP contribution in [0, 0.1) is 0 Å². The molecule has 220 valence electrons. The molecule has 2 amide bonds. The maximum Gasteiger partial charge on any atom is 0.264 e. The number of rotatable bonds is 14. The minimum atomic E-state index is -4.21. The topological polar surface area (TPSA) is 105 Å². The highest BCUT2D eigenvalue weighted by Crippen LogP contribution is 2.34. The van der Waals surface area contributed by atoms with Crippen LogP contribution in [-0.2, 0) is 26.2 Å². The molecule has 11 heteroatoms. The number of methoxy groups -OCH3 is 2. The van der Waals surface area contributed by atoms with Crippen LogP contribution in [-0.4, -0.2) is 58.5 Å². The summed E-state index contributed by atoms with van der Waals surface area (Å²) in [7, 11) is -1.30. The zero-order valence-electron chi connectivity index (χ0n) is 23.7. The second-order valence-corrected chi connectivity index (χ2v) is 11.6. The molecule has 3 aromatic carbocycles. The number of halogens is 1. The molecule has 1 unspecified atom stereocenters. The highest BCUT2D eigenvalue weighted by atomic mass is 35.5. The molecular formula is C30H36ClN3O6S. The Morgan fingerprint density at radius 2 is 1.61 bits per heavy atom. The van der Waals surface area contributed by atoms with Gasteiger partial charge in [0, 0.05) is 24.2 Å². The molecule has 0 aliphatic carbocycles. The number of carbonyl (C=O) groups is 2. The minimum absolute atomic E-state index is 0.00518. The molecule has 0 heterocycles. The molecule has 41 heavy (non-hydrogen) atoms. The summed E-state index contributed by atoms with van der Waals surface area (Å²) in [5.74, 6) is -0.237. The Labute approximate surface area is 247 Å². The van der Waals surface area contributed by atoms with E-state index >= 15 is 0 Å². The van der Waals surface area contributed by atoms with Gasteiger partial charge in [-0.2, -0.15) is 0 Å². The molecule has 3 rings (SSSR count). The maximum atomic E-state index is 14.0. The fourth-order valence-corrected chi connectivity index (χ4v) is 5.78. The number of amides is 2. The minimum Gasteiger partial charge on any atom is -0.493 e. The zero-order chi connectivity index (χ0) is 30.0. The van der Waals surface area contributed by atoms with E-state index in [1.54, 1.807) is 55.5 Å². The molecule has 1 N–H and O–H groups in total. The van der Waals surface area contributed by atoms with Crippen LogP contribution in [0.4, 0.5) is 5.69 Å². The Bertz CT molecular complexity index is 1440. The van der Waals surface area contributed by atoms with Crippen molar-refractivity contribution in [2.75, 3.05) is 31.6 Å². The average molecular weight is 602 g/mol. The molecule has 0 fully saturated rings. The molecule has 9 nitrogen and oxygen atoms in total. The summed E-state index contributed by atoms with van der Waals surface area (Å²) in [6.07, 6.45) is 1.69. The first kappa shape index (κ1) is 31.8. The van der Waals surface area contributed by atoms with Gasteiger partial charge in [0.2, 0.25) is 11.8 Å². The van der Waals surface area contributed by atoms with Crippen LogP contribution < -0.4 is 19.1 Å². The highest BCUT2D eigenvalue weighted by molar-refractivity contribution is 7.92. The van der Waals surface area contributed by atoms with Crippen molar-refractivity contribution in [2.45, 2.75) is 44.2 Å². The Morgan fingerprint density at radius 1 is 0.951 bits per heavy atom. The van der Waals surface area contributed by atoms with Gasteiger partial charge < -0.3 is 19.7 Å². The van der Waals surface area contributed by atoms with Crippen LogP contribution >= 0.6 is 11.6 Å². The quantitative estimate of drug-likeness (QED) is 0.264. The van der Waals surface area contributed by atoms with E-state index in [1.807, 2.05) is 6.92 Å². The smallest absolute Gasteiger partial charge is 0.264 e. The van der Waals surface area contributed by atoms with Crippen molar-refractivity contribution in [1.29, 1.82) is 0 Å². The van der Waals surface area contributed by atoms with Crippen LogP contribution in [0.3, 0.4) is 0 Å². The first-order valence-corrected chi connectivity index (χ1v) is 15.1. The molecule has 0 bridgehead atoms. The predicted molar refractivity (Wildman–Crippen MR) is 160 cm³/mol. The third kappa shape index (κ3) is 7.92. The van der Waals surface area contributed by atoms with Crippen LogP contribution in [0.25, 0.3) is 0 Å². The van der Waals surface area contributed by atoms with E-state index < -0.39 is 28.5 Å². The molecule has 0 saturated carbocycles. The number of sulfonamides is 1. The Morgan fingerprint density at radius 3 is 2.24 bits per heavy atom. The molecule has 0 aliphatic rings. The number of ether oxygens (including phenoxy) is 2. The van der Waals surface area contributed by atoms with Crippen molar-refractivity contribution < 1.29 is 27.5 Å². The molecule has 0 aromatic heterocycles. The van der Waals surface area contributed by atoms with Gasteiger partial charge in [0.1, 0.15) is 12.6 Å². The predicted octanol–water partition coefficient (Wildman–Crippen LogP) is 4.89. The van der Waals surface area contributed by atoms with Gasteiger partial charge in [-0.05, 0) is 49.2 Å². The van der Waals surface area contributed by atoms with Gasteiger partial charge >= 0.3 is 0 Å². The molecular weight excluding hydrogens is 566 g/mol. The summed E-state index contributed by atoms with van der Waals surface area (Å²) in [4.78, 5) is 28.4. The first-order valence-electron chi connectivity index (χ1n) is 13.2. The standard InChI is InChI=1S/C30H36ClN3O6S/c1-5-6-18-32-30(36)22(2)33(20-23-12-10-11-15-26(23)31)29(35)21-34(41(37,38)25-13-8-7-9-14-25)24-16-17-27(39-3)28(19-24)40-4/h7-17,19,22H,5-6,18,20-21H2,1-4H3,(H,32,36). The number of hydrogen-bond acceptors (Lipinski definition) is 6. The lowest BCUT2D eigenvalue weighted by Crippen LogP contribution is -2.51. The van der Waals surface area contributed by atoms with Crippen molar-refractivity contribution in [2.24, 2.45) is 0 Å². The lowest BCUT2D eigenvalue weighted by atomic mass is 10.1. The van der Waals surface area contributed by atoms with Gasteiger partial charge in [-0.15, -0.1) is 0 Å². The third-order valence-electron chi connectivity index (χ3n) is 6.56. The number of nitrogens with zero attached hydrogens (tertiary/aromatic N) is 2. The van der Waals surface area contributed by atoms with Gasteiger partial charge in [-0.3, -0.25) is 13.9 Å². The Kier molecular flexibility index (Phi) is 11.4. The lowest BCUT2D eigenvalue weighted by Gasteiger charge is -2.32. The van der Waals surface area contributed by atoms with E-state index in [4.69, 9.17) is 21.1 Å². The number of anilines is 1. The number of benzene rings is 3.